The first kappa shape index (κ1) is 28.8. The van der Waals surface area contributed by atoms with Crippen LogP contribution in [0.25, 0.3) is 0 Å². The minimum absolute atomic E-state index is 0.0257. The lowest BCUT2D eigenvalue weighted by molar-refractivity contribution is -0.140. The van der Waals surface area contributed by atoms with Crippen molar-refractivity contribution >= 4 is 26.5 Å². The lowest BCUT2D eigenvalue weighted by atomic mass is 9.93. The number of hydrogen-bond donors (Lipinski definition) is 4. The molecule has 0 aromatic heterocycles. The highest BCUT2D eigenvalue weighted by atomic mass is 31.2. The second-order valence-electron chi connectivity index (χ2n) is 8.39. The van der Waals surface area contributed by atoms with Gasteiger partial charge in [-0.05, 0) is 36.0 Å². The van der Waals surface area contributed by atoms with Gasteiger partial charge in [0, 0.05) is 18.3 Å². The predicted molar refractivity (Wildman–Crippen MR) is 122 cm³/mol. The quantitative estimate of drug-likeness (QED) is 0.268. The van der Waals surface area contributed by atoms with Gasteiger partial charge in [-0.2, -0.15) is 0 Å². The molecule has 0 bridgehead atoms. The van der Waals surface area contributed by atoms with Gasteiger partial charge in [-0.1, -0.05) is 47.6 Å². The Kier molecular flexibility index (Phi) is 9.74. The molecule has 0 spiro atoms. The Hall–Kier alpha value is -1.21. The van der Waals surface area contributed by atoms with E-state index in [1.54, 1.807) is 47.6 Å². The van der Waals surface area contributed by atoms with Crippen molar-refractivity contribution in [3.63, 3.8) is 0 Å². The molecular weight excluding hydrogens is 458 g/mol. The van der Waals surface area contributed by atoms with E-state index in [1.807, 2.05) is 0 Å². The van der Waals surface area contributed by atoms with Crippen molar-refractivity contribution < 1.29 is 43.0 Å². The fraction of sp³-hybridized carbons (Fsp3) is 0.667. The van der Waals surface area contributed by atoms with Crippen molar-refractivity contribution in [1.82, 2.24) is 0 Å². The van der Waals surface area contributed by atoms with Gasteiger partial charge in [0.1, 0.15) is 11.1 Å². The number of methoxy groups -OCH3 is 1. The largest absolute Gasteiger partial charge is 0.473 e. The monoisotopic (exact) mass is 494 g/mol. The van der Waals surface area contributed by atoms with Crippen LogP contribution in [-0.2, 0) is 37.9 Å². The summed E-state index contributed by atoms with van der Waals surface area (Å²) in [6.45, 7) is 9.89. The van der Waals surface area contributed by atoms with Crippen LogP contribution in [0.15, 0.2) is 6.07 Å². The smallest absolute Gasteiger partial charge is 0.369 e. The molecule has 1 aromatic rings. The van der Waals surface area contributed by atoms with Gasteiger partial charge in [0.15, 0.2) is 0 Å². The zero-order valence-electron chi connectivity index (χ0n) is 19.8. The van der Waals surface area contributed by atoms with Gasteiger partial charge in [-0.3, -0.25) is 13.9 Å². The molecule has 0 aliphatic rings. The number of carbonyl (C=O) groups is 1. The molecule has 1 aromatic carbocycles. The molecule has 0 unspecified atom stereocenters. The fourth-order valence-electron chi connectivity index (χ4n) is 4.24. The number of esters is 1. The van der Waals surface area contributed by atoms with Crippen LogP contribution in [-0.4, -0.2) is 38.0 Å². The summed E-state index contributed by atoms with van der Waals surface area (Å²) >= 11 is 0. The van der Waals surface area contributed by atoms with Crippen LogP contribution in [0, 0.1) is 11.8 Å². The van der Waals surface area contributed by atoms with Crippen LogP contribution in [0.4, 0.5) is 0 Å². The Morgan fingerprint density at radius 1 is 1.00 bits per heavy atom. The molecular formula is C21H36O9P2. The lowest BCUT2D eigenvalue weighted by Crippen LogP contribution is -2.47. The average molecular weight is 494 g/mol. The molecule has 4 N–H and O–H groups in total. The van der Waals surface area contributed by atoms with Crippen molar-refractivity contribution in [1.29, 1.82) is 0 Å². The number of hydrogen-bond acceptors (Lipinski definition) is 5. The number of carbonyl (C=O) groups excluding carboxylic acids is 1. The molecule has 0 heterocycles. The molecule has 32 heavy (non-hydrogen) atoms. The van der Waals surface area contributed by atoms with E-state index in [-0.39, 0.29) is 30.3 Å². The molecule has 11 heteroatoms. The molecule has 0 aliphatic carbocycles. The Morgan fingerprint density at radius 3 is 1.88 bits per heavy atom. The van der Waals surface area contributed by atoms with Crippen molar-refractivity contribution in [2.24, 2.45) is 11.8 Å². The van der Waals surface area contributed by atoms with E-state index in [2.05, 4.69) is 4.74 Å². The van der Waals surface area contributed by atoms with E-state index in [1.165, 1.54) is 7.11 Å². The van der Waals surface area contributed by atoms with Crippen LogP contribution in [0.2, 0.25) is 0 Å². The summed E-state index contributed by atoms with van der Waals surface area (Å²) in [5.41, 5.74) is 1.28. The van der Waals surface area contributed by atoms with Gasteiger partial charge in [-0.15, -0.1) is 0 Å². The summed E-state index contributed by atoms with van der Waals surface area (Å²) in [6, 6.07) is 1.70. The van der Waals surface area contributed by atoms with E-state index >= 15 is 0 Å². The lowest BCUT2D eigenvalue weighted by Gasteiger charge is -2.42. The first-order valence-electron chi connectivity index (χ1n) is 10.6. The maximum atomic E-state index is 12.7. The Bertz CT molecular complexity index is 904. The highest BCUT2D eigenvalue weighted by Crippen LogP contribution is 2.59. The van der Waals surface area contributed by atoms with E-state index in [0.717, 1.165) is 0 Å². The zero-order valence-corrected chi connectivity index (χ0v) is 21.6. The summed E-state index contributed by atoms with van der Waals surface area (Å²) in [4.78, 5) is 52.8. The first-order chi connectivity index (χ1) is 14.6. The van der Waals surface area contributed by atoms with Crippen LogP contribution < -0.4 is 10.0 Å². The third-order valence-electron chi connectivity index (χ3n) is 5.76. The highest BCUT2D eigenvalue weighted by Gasteiger charge is 2.55. The molecule has 0 amide bonds. The Balaban J connectivity index is 3.97. The van der Waals surface area contributed by atoms with Gasteiger partial charge in [-0.25, -0.2) is 0 Å². The molecule has 0 fully saturated rings. The van der Waals surface area contributed by atoms with Gasteiger partial charge in [0.2, 0.25) is 5.34 Å². The van der Waals surface area contributed by atoms with E-state index in [4.69, 9.17) is 4.74 Å². The molecule has 0 atom stereocenters. The maximum Gasteiger partial charge on any atom is 0.369 e. The van der Waals surface area contributed by atoms with Gasteiger partial charge in [0.05, 0.1) is 7.11 Å². The minimum atomic E-state index is -4.92. The minimum Gasteiger partial charge on any atom is -0.473 e. The average Bonchev–Trinajstić information content (AvgIpc) is 2.66. The third-order valence-corrected chi connectivity index (χ3v) is 8.85. The second kappa shape index (κ2) is 10.8. The van der Waals surface area contributed by atoms with Gasteiger partial charge < -0.3 is 29.0 Å². The summed E-state index contributed by atoms with van der Waals surface area (Å²) in [7, 11) is -8.55. The van der Waals surface area contributed by atoms with Gasteiger partial charge in [0.25, 0.3) is 0 Å². The Labute approximate surface area is 189 Å². The third kappa shape index (κ3) is 5.82. The van der Waals surface area contributed by atoms with Crippen molar-refractivity contribution in [2.75, 3.05) is 7.11 Å². The summed E-state index contributed by atoms with van der Waals surface area (Å²) < 4.78 is 36.1. The maximum absolute atomic E-state index is 12.7. The number of ether oxygens (including phenoxy) is 2. The molecule has 0 aliphatic heterocycles. The Morgan fingerprint density at radius 2 is 1.53 bits per heavy atom. The SMILES string of the molecule is CCc1cc(CCC(=O)OC)c(CC)c(P(=O)(O)O)c1OC(C(C)C)(C(C)C)P(=O)(O)O. The molecule has 0 saturated heterocycles. The van der Waals surface area contributed by atoms with Crippen LogP contribution in [0.5, 0.6) is 5.75 Å². The molecule has 1 rings (SSSR count). The van der Waals surface area contributed by atoms with E-state index < -0.39 is 38.3 Å². The van der Waals surface area contributed by atoms with Crippen molar-refractivity contribution in [3.05, 3.63) is 22.8 Å². The predicted octanol–water partition coefficient (Wildman–Crippen LogP) is 3.28. The summed E-state index contributed by atoms with van der Waals surface area (Å²) in [6.07, 6.45) is 0.751. The van der Waals surface area contributed by atoms with Crippen molar-refractivity contribution in [3.8, 4) is 5.75 Å². The molecule has 0 radical (unpaired) electrons. The number of benzene rings is 1. The van der Waals surface area contributed by atoms with Crippen LogP contribution in [0.3, 0.4) is 0 Å². The standard InChI is InChI=1S/C21H36O9P2/c1-8-15-12-16(10-11-18(22)29-7)17(9-2)20(31(23,24)25)19(15)30-21(13(3)4,14(5)6)32(26,27)28/h12-14H,8-11H2,1-7H3,(H2,23,24,25)(H2,26,27,28). The summed E-state index contributed by atoms with van der Waals surface area (Å²) in [5.74, 6) is -1.98. The molecule has 9 nitrogen and oxygen atoms in total. The van der Waals surface area contributed by atoms with Crippen LogP contribution >= 0.6 is 15.2 Å². The zero-order chi connectivity index (χ0) is 25.1. The van der Waals surface area contributed by atoms with Crippen molar-refractivity contribution in [2.45, 2.75) is 72.6 Å². The fourth-order valence-corrected chi connectivity index (χ4v) is 6.91. The van der Waals surface area contributed by atoms with Gasteiger partial charge >= 0.3 is 21.2 Å². The van der Waals surface area contributed by atoms with E-state index in [9.17, 15) is 33.5 Å². The first-order valence-corrected chi connectivity index (χ1v) is 13.9. The van der Waals surface area contributed by atoms with Crippen LogP contribution in [0.1, 0.15) is 64.7 Å². The number of rotatable bonds is 11. The summed E-state index contributed by atoms with van der Waals surface area (Å²) in [5, 5.41) is -2.36. The normalized spacial score (nSPS) is 13.0. The molecule has 0 saturated carbocycles. The molecule has 184 valence electrons. The topological polar surface area (TPSA) is 151 Å². The number of aryl methyl sites for hydroxylation is 2. The highest BCUT2D eigenvalue weighted by molar-refractivity contribution is 7.60. The second-order valence-corrected chi connectivity index (χ2v) is 11.7. The van der Waals surface area contributed by atoms with E-state index in [0.29, 0.717) is 23.1 Å².